The molecule has 1 N–H and O–H groups in total. The molecule has 1 unspecified atom stereocenters. The maximum atomic E-state index is 13.2. The van der Waals surface area contributed by atoms with Gasteiger partial charge in [-0.25, -0.2) is 0 Å². The predicted octanol–water partition coefficient (Wildman–Crippen LogP) is 8.32. The van der Waals surface area contributed by atoms with Crippen LogP contribution in [0.25, 0.3) is 5.69 Å². The van der Waals surface area contributed by atoms with Crippen LogP contribution < -0.4 is 5.32 Å². The van der Waals surface area contributed by atoms with Crippen molar-refractivity contribution in [1.29, 1.82) is 0 Å². The zero-order valence-corrected chi connectivity index (χ0v) is 25.9. The number of rotatable bonds is 17. The zero-order valence-electron chi connectivity index (χ0n) is 25.1. The van der Waals surface area contributed by atoms with E-state index in [1.54, 1.807) is 23.9 Å². The molecule has 0 saturated heterocycles. The number of nitro benzene ring substituents is 1. The molecule has 3 aromatic carbocycles. The molecule has 226 valence electrons. The Balaban J connectivity index is 1.60. The van der Waals surface area contributed by atoms with Crippen LogP contribution in [0.1, 0.15) is 86.8 Å². The van der Waals surface area contributed by atoms with E-state index in [1.165, 1.54) is 43.4 Å². The molecule has 9 heteroatoms. The van der Waals surface area contributed by atoms with E-state index in [0.717, 1.165) is 30.4 Å². The van der Waals surface area contributed by atoms with Gasteiger partial charge in [0.1, 0.15) is 0 Å². The van der Waals surface area contributed by atoms with E-state index < -0.39 is 11.0 Å². The fourth-order valence-corrected chi connectivity index (χ4v) is 5.98. The second kappa shape index (κ2) is 16.6. The zero-order chi connectivity index (χ0) is 30.4. The SMILES string of the molecule is CCCCCCCCCC(=O)NC(Cc1ccccc1)c1nnc(SCc2cccc(C)c2)n1-c1ccc([N+](=O)[O-])cc1. The maximum absolute atomic E-state index is 13.2. The van der Waals surface area contributed by atoms with Crippen LogP contribution in [0.5, 0.6) is 0 Å². The Bertz CT molecular complexity index is 1460. The van der Waals surface area contributed by atoms with E-state index in [2.05, 4.69) is 47.6 Å². The number of nitrogens with zero attached hydrogens (tertiary/aromatic N) is 4. The van der Waals surface area contributed by atoms with Gasteiger partial charge in [0.25, 0.3) is 5.69 Å². The third-order valence-corrected chi connectivity index (χ3v) is 8.36. The fraction of sp³-hybridized carbons (Fsp3) is 0.382. The first-order chi connectivity index (χ1) is 20.9. The molecule has 1 aromatic heterocycles. The van der Waals surface area contributed by atoms with E-state index in [-0.39, 0.29) is 11.6 Å². The lowest BCUT2D eigenvalue weighted by atomic mass is 10.0. The summed E-state index contributed by atoms with van der Waals surface area (Å²) in [6, 6.07) is 24.3. The van der Waals surface area contributed by atoms with Crippen molar-refractivity contribution in [2.24, 2.45) is 0 Å². The third kappa shape index (κ3) is 9.78. The molecule has 0 radical (unpaired) electrons. The quantitative estimate of drug-likeness (QED) is 0.0567. The van der Waals surface area contributed by atoms with Gasteiger partial charge in [0.2, 0.25) is 5.91 Å². The summed E-state index contributed by atoms with van der Waals surface area (Å²) >= 11 is 1.55. The Morgan fingerprint density at radius 1 is 0.907 bits per heavy atom. The molecule has 1 amide bonds. The van der Waals surface area contributed by atoms with Gasteiger partial charge in [0, 0.05) is 30.0 Å². The summed E-state index contributed by atoms with van der Waals surface area (Å²) in [5.41, 5.74) is 4.12. The van der Waals surface area contributed by atoms with Crippen LogP contribution in [0.4, 0.5) is 5.69 Å². The Morgan fingerprint density at radius 3 is 2.30 bits per heavy atom. The van der Waals surface area contributed by atoms with E-state index in [1.807, 2.05) is 41.0 Å². The van der Waals surface area contributed by atoms with Crippen molar-refractivity contribution < 1.29 is 9.72 Å². The van der Waals surface area contributed by atoms with Crippen LogP contribution >= 0.6 is 11.8 Å². The van der Waals surface area contributed by atoms with Gasteiger partial charge in [0.05, 0.1) is 11.0 Å². The largest absolute Gasteiger partial charge is 0.346 e. The first kappa shape index (κ1) is 31.9. The lowest BCUT2D eigenvalue weighted by Crippen LogP contribution is -2.31. The molecule has 4 aromatic rings. The van der Waals surface area contributed by atoms with Crippen LogP contribution in [0.15, 0.2) is 84.0 Å². The lowest BCUT2D eigenvalue weighted by molar-refractivity contribution is -0.384. The number of nitrogens with one attached hydrogen (secondary N) is 1. The highest BCUT2D eigenvalue weighted by Crippen LogP contribution is 2.30. The number of carbonyl (C=O) groups excluding carboxylic acids is 1. The first-order valence-electron chi connectivity index (χ1n) is 15.2. The van der Waals surface area contributed by atoms with Crippen LogP contribution in [-0.2, 0) is 17.0 Å². The molecule has 1 heterocycles. The van der Waals surface area contributed by atoms with Crippen LogP contribution in [0.3, 0.4) is 0 Å². The Labute approximate surface area is 258 Å². The molecule has 0 aliphatic rings. The Kier molecular flexibility index (Phi) is 12.3. The summed E-state index contributed by atoms with van der Waals surface area (Å²) in [6.07, 6.45) is 9.00. The lowest BCUT2D eigenvalue weighted by Gasteiger charge is -2.20. The van der Waals surface area contributed by atoms with Gasteiger partial charge in [-0.2, -0.15) is 0 Å². The number of aryl methyl sites for hydroxylation is 1. The highest BCUT2D eigenvalue weighted by atomic mass is 32.2. The second-order valence-corrected chi connectivity index (χ2v) is 11.9. The average Bonchev–Trinajstić information content (AvgIpc) is 3.44. The van der Waals surface area contributed by atoms with E-state index in [9.17, 15) is 14.9 Å². The van der Waals surface area contributed by atoms with Crippen molar-refractivity contribution >= 4 is 23.4 Å². The van der Waals surface area contributed by atoms with Crippen molar-refractivity contribution in [3.05, 3.63) is 111 Å². The minimum Gasteiger partial charge on any atom is -0.346 e. The number of hydrogen-bond acceptors (Lipinski definition) is 6. The number of carbonyl (C=O) groups is 1. The van der Waals surface area contributed by atoms with E-state index in [0.29, 0.717) is 35.3 Å². The summed E-state index contributed by atoms with van der Waals surface area (Å²) < 4.78 is 1.92. The molecule has 0 spiro atoms. The third-order valence-electron chi connectivity index (χ3n) is 7.36. The van der Waals surface area contributed by atoms with Crippen molar-refractivity contribution in [2.75, 3.05) is 0 Å². The Morgan fingerprint density at radius 2 is 1.60 bits per heavy atom. The van der Waals surface area contributed by atoms with E-state index in [4.69, 9.17) is 0 Å². The number of hydrogen-bond donors (Lipinski definition) is 1. The van der Waals surface area contributed by atoms with E-state index >= 15 is 0 Å². The van der Waals surface area contributed by atoms with Crippen molar-refractivity contribution in [2.45, 2.75) is 88.6 Å². The summed E-state index contributed by atoms with van der Waals surface area (Å²) in [7, 11) is 0. The highest BCUT2D eigenvalue weighted by molar-refractivity contribution is 7.98. The molecule has 0 bridgehead atoms. The molecular weight excluding hydrogens is 558 g/mol. The maximum Gasteiger partial charge on any atom is 0.269 e. The van der Waals surface area contributed by atoms with Gasteiger partial charge in [-0.1, -0.05) is 117 Å². The molecule has 43 heavy (non-hydrogen) atoms. The molecular formula is C34H41N5O3S. The van der Waals surface area contributed by atoms with Crippen molar-refractivity contribution in [3.8, 4) is 5.69 Å². The van der Waals surface area contributed by atoms with Gasteiger partial charge in [-0.15, -0.1) is 10.2 Å². The van der Waals surface area contributed by atoms with Gasteiger partial charge < -0.3 is 5.32 Å². The summed E-state index contributed by atoms with van der Waals surface area (Å²) in [4.78, 5) is 24.2. The van der Waals surface area contributed by atoms with Crippen molar-refractivity contribution in [1.82, 2.24) is 20.1 Å². The number of amides is 1. The normalized spacial score (nSPS) is 11.8. The topological polar surface area (TPSA) is 103 Å². The summed E-state index contributed by atoms with van der Waals surface area (Å²) in [5.74, 6) is 1.26. The van der Waals surface area contributed by atoms with Crippen molar-refractivity contribution in [3.63, 3.8) is 0 Å². The minimum absolute atomic E-state index is 0.0103. The molecule has 8 nitrogen and oxygen atoms in total. The van der Waals surface area contributed by atoms with Gasteiger partial charge >= 0.3 is 0 Å². The van der Waals surface area contributed by atoms with Crippen LogP contribution in [0, 0.1) is 17.0 Å². The number of thioether (sulfide) groups is 1. The summed E-state index contributed by atoms with van der Waals surface area (Å²) in [5, 5.41) is 24.4. The predicted molar refractivity (Wildman–Crippen MR) is 172 cm³/mol. The van der Waals surface area contributed by atoms with Gasteiger partial charge in [-0.05, 0) is 43.0 Å². The number of unbranched alkanes of at least 4 members (excludes halogenated alkanes) is 6. The molecule has 4 rings (SSSR count). The minimum atomic E-state index is -0.435. The molecule has 0 aliphatic heterocycles. The first-order valence-corrected chi connectivity index (χ1v) is 16.1. The average molecular weight is 600 g/mol. The number of non-ortho nitro benzene ring substituents is 1. The van der Waals surface area contributed by atoms with Gasteiger partial charge in [0.15, 0.2) is 11.0 Å². The standard InChI is InChI=1S/C34H41N5O3S/c1-3-4-5-6-7-8-12-18-32(40)35-31(24-27-15-10-9-11-16-27)33-36-37-34(43-25-28-17-13-14-26(2)23-28)38(33)29-19-21-30(22-20-29)39(41)42/h9-11,13-17,19-23,31H,3-8,12,18,24-25H2,1-2H3,(H,35,40). The fourth-order valence-electron chi connectivity index (χ4n) is 5.08. The Hall–Kier alpha value is -3.98. The highest BCUT2D eigenvalue weighted by Gasteiger charge is 2.25. The van der Waals surface area contributed by atoms with Crippen LogP contribution in [-0.4, -0.2) is 25.6 Å². The van der Waals surface area contributed by atoms with Gasteiger partial charge in [-0.3, -0.25) is 19.5 Å². The monoisotopic (exact) mass is 599 g/mol. The number of aromatic nitrogens is 3. The number of nitro groups is 1. The molecule has 0 aliphatic carbocycles. The molecule has 0 saturated carbocycles. The molecule has 1 atom stereocenters. The molecule has 0 fully saturated rings. The summed E-state index contributed by atoms with van der Waals surface area (Å²) in [6.45, 7) is 4.28. The van der Waals surface area contributed by atoms with Crippen LogP contribution in [0.2, 0.25) is 0 Å². The smallest absolute Gasteiger partial charge is 0.269 e. The second-order valence-electron chi connectivity index (χ2n) is 10.9. The number of benzene rings is 3.